The molecule has 4 nitrogen and oxygen atoms in total. The van der Waals surface area contributed by atoms with E-state index in [9.17, 15) is 5.11 Å². The van der Waals surface area contributed by atoms with Gasteiger partial charge >= 0.3 is 0 Å². The summed E-state index contributed by atoms with van der Waals surface area (Å²) in [5.41, 5.74) is -0.534. The average Bonchev–Trinajstić information content (AvgIpc) is 2.46. The Bertz CT molecular complexity index is 293. The average molecular weight is 298 g/mol. The number of nitrogens with zero attached hydrogens (tertiary/aromatic N) is 1. The molecule has 1 saturated carbocycles. The van der Waals surface area contributed by atoms with E-state index < -0.39 is 5.60 Å². The Kier molecular flexibility index (Phi) is 6.93. The minimum atomic E-state index is -0.534. The molecule has 2 fully saturated rings. The van der Waals surface area contributed by atoms with Crippen molar-refractivity contribution < 1.29 is 9.84 Å². The fourth-order valence-corrected chi connectivity index (χ4v) is 3.90. The summed E-state index contributed by atoms with van der Waals surface area (Å²) in [7, 11) is 2.17. The van der Waals surface area contributed by atoms with Gasteiger partial charge in [0.1, 0.15) is 0 Å². The van der Waals surface area contributed by atoms with Crippen LogP contribution < -0.4 is 5.32 Å². The first-order chi connectivity index (χ1) is 10.1. The van der Waals surface area contributed by atoms with Gasteiger partial charge in [-0.1, -0.05) is 19.8 Å². The Balaban J connectivity index is 1.80. The summed E-state index contributed by atoms with van der Waals surface area (Å²) in [4.78, 5) is 2.35. The second kappa shape index (κ2) is 8.47. The van der Waals surface area contributed by atoms with E-state index >= 15 is 0 Å². The minimum Gasteiger partial charge on any atom is -0.388 e. The molecule has 2 rings (SSSR count). The first-order valence-electron chi connectivity index (χ1n) is 8.85. The molecule has 0 aromatic heterocycles. The number of ether oxygens (including phenoxy) is 1. The third-order valence-corrected chi connectivity index (χ3v) is 5.10. The molecule has 21 heavy (non-hydrogen) atoms. The normalized spacial score (nSPS) is 29.7. The second-order valence-corrected chi connectivity index (χ2v) is 7.14. The van der Waals surface area contributed by atoms with Gasteiger partial charge < -0.3 is 20.1 Å². The van der Waals surface area contributed by atoms with Gasteiger partial charge in [0.25, 0.3) is 0 Å². The minimum absolute atomic E-state index is 0.534. The van der Waals surface area contributed by atoms with E-state index in [1.807, 2.05) is 0 Å². The van der Waals surface area contributed by atoms with Crippen molar-refractivity contribution in [3.8, 4) is 0 Å². The van der Waals surface area contributed by atoms with Gasteiger partial charge in [-0.05, 0) is 38.8 Å². The van der Waals surface area contributed by atoms with Gasteiger partial charge in [0.05, 0.1) is 5.60 Å². The fourth-order valence-electron chi connectivity index (χ4n) is 3.90. The van der Waals surface area contributed by atoms with E-state index in [0.29, 0.717) is 19.3 Å². The molecule has 0 bridgehead atoms. The van der Waals surface area contributed by atoms with Crippen LogP contribution in [0.15, 0.2) is 0 Å². The molecule has 2 atom stereocenters. The Hall–Kier alpha value is -0.160. The summed E-state index contributed by atoms with van der Waals surface area (Å²) in [6.45, 7) is 6.66. The van der Waals surface area contributed by atoms with Gasteiger partial charge in [0.2, 0.25) is 0 Å². The van der Waals surface area contributed by atoms with Crippen LogP contribution in [-0.2, 0) is 4.74 Å². The molecule has 2 N–H and O–H groups in total. The third-order valence-electron chi connectivity index (χ3n) is 5.10. The van der Waals surface area contributed by atoms with Crippen molar-refractivity contribution in [1.82, 2.24) is 10.2 Å². The Morgan fingerprint density at radius 2 is 1.95 bits per heavy atom. The lowest BCUT2D eigenvalue weighted by atomic mass is 9.83. The summed E-state index contributed by atoms with van der Waals surface area (Å²) in [5, 5.41) is 14.4. The summed E-state index contributed by atoms with van der Waals surface area (Å²) >= 11 is 0. The molecule has 4 heteroatoms. The highest BCUT2D eigenvalue weighted by atomic mass is 16.5. The largest absolute Gasteiger partial charge is 0.388 e. The Morgan fingerprint density at radius 3 is 2.67 bits per heavy atom. The van der Waals surface area contributed by atoms with Crippen LogP contribution in [0.1, 0.15) is 51.9 Å². The highest BCUT2D eigenvalue weighted by molar-refractivity contribution is 4.87. The van der Waals surface area contributed by atoms with Gasteiger partial charge in [-0.2, -0.15) is 0 Å². The summed E-state index contributed by atoms with van der Waals surface area (Å²) in [5.74, 6) is 0.735. The molecule has 1 saturated heterocycles. The first kappa shape index (κ1) is 17.2. The molecule has 0 aromatic carbocycles. The molecule has 1 aliphatic carbocycles. The number of nitrogens with one attached hydrogen (secondary N) is 1. The van der Waals surface area contributed by atoms with Crippen LogP contribution in [0.4, 0.5) is 0 Å². The molecule has 124 valence electrons. The van der Waals surface area contributed by atoms with Crippen molar-refractivity contribution in [2.24, 2.45) is 5.92 Å². The lowest BCUT2D eigenvalue weighted by Crippen LogP contribution is -2.49. The Labute approximate surface area is 130 Å². The fraction of sp³-hybridized carbons (Fsp3) is 1.00. The van der Waals surface area contributed by atoms with Gasteiger partial charge in [-0.15, -0.1) is 0 Å². The molecule has 1 aliphatic heterocycles. The third kappa shape index (κ3) is 5.51. The summed E-state index contributed by atoms with van der Waals surface area (Å²) in [6.07, 6.45) is 8.13. The van der Waals surface area contributed by atoms with Crippen molar-refractivity contribution in [2.75, 3.05) is 39.9 Å². The number of hydrogen-bond donors (Lipinski definition) is 2. The predicted molar refractivity (Wildman–Crippen MR) is 86.5 cm³/mol. The smallest absolute Gasteiger partial charge is 0.0817 e. The monoisotopic (exact) mass is 298 g/mol. The van der Waals surface area contributed by atoms with E-state index in [1.54, 1.807) is 0 Å². The predicted octanol–water partition coefficient (Wildman–Crippen LogP) is 2.02. The van der Waals surface area contributed by atoms with Crippen LogP contribution in [0.3, 0.4) is 0 Å². The SMILES string of the molecule is CCCNC1CCCCC1CN(C)CC1(O)CCOCC1. The van der Waals surface area contributed by atoms with E-state index in [2.05, 4.69) is 24.2 Å². The number of rotatable bonds is 7. The van der Waals surface area contributed by atoms with Gasteiger partial charge in [-0.25, -0.2) is 0 Å². The zero-order valence-electron chi connectivity index (χ0n) is 13.9. The molecular formula is C17H34N2O2. The van der Waals surface area contributed by atoms with E-state index in [-0.39, 0.29) is 0 Å². The van der Waals surface area contributed by atoms with Crippen molar-refractivity contribution in [1.29, 1.82) is 0 Å². The van der Waals surface area contributed by atoms with Crippen molar-refractivity contribution in [3.05, 3.63) is 0 Å². The lowest BCUT2D eigenvalue weighted by Gasteiger charge is -2.39. The highest BCUT2D eigenvalue weighted by Crippen LogP contribution is 2.27. The van der Waals surface area contributed by atoms with Crippen molar-refractivity contribution in [2.45, 2.75) is 63.5 Å². The number of hydrogen-bond acceptors (Lipinski definition) is 4. The van der Waals surface area contributed by atoms with Gasteiger partial charge in [-0.3, -0.25) is 0 Å². The Morgan fingerprint density at radius 1 is 1.24 bits per heavy atom. The van der Waals surface area contributed by atoms with E-state index in [4.69, 9.17) is 4.74 Å². The molecule has 2 aliphatic rings. The quantitative estimate of drug-likeness (QED) is 0.755. The maximum Gasteiger partial charge on any atom is 0.0817 e. The van der Waals surface area contributed by atoms with E-state index in [0.717, 1.165) is 38.4 Å². The van der Waals surface area contributed by atoms with Gasteiger partial charge in [0.15, 0.2) is 0 Å². The summed E-state index contributed by atoms with van der Waals surface area (Å²) in [6, 6.07) is 0.672. The van der Waals surface area contributed by atoms with Crippen LogP contribution in [0.25, 0.3) is 0 Å². The molecule has 0 radical (unpaired) electrons. The van der Waals surface area contributed by atoms with Gasteiger partial charge in [0, 0.05) is 45.2 Å². The highest BCUT2D eigenvalue weighted by Gasteiger charge is 2.32. The maximum atomic E-state index is 10.6. The van der Waals surface area contributed by atoms with Crippen molar-refractivity contribution in [3.63, 3.8) is 0 Å². The number of likely N-dealkylation sites (N-methyl/N-ethyl adjacent to an activating group) is 1. The summed E-state index contributed by atoms with van der Waals surface area (Å²) < 4.78 is 5.37. The molecular weight excluding hydrogens is 264 g/mol. The molecule has 2 unspecified atom stereocenters. The van der Waals surface area contributed by atoms with E-state index in [1.165, 1.54) is 32.1 Å². The van der Waals surface area contributed by atoms with Crippen LogP contribution in [-0.4, -0.2) is 61.5 Å². The van der Waals surface area contributed by atoms with Crippen LogP contribution in [0.2, 0.25) is 0 Å². The van der Waals surface area contributed by atoms with Crippen LogP contribution in [0, 0.1) is 5.92 Å². The van der Waals surface area contributed by atoms with Crippen LogP contribution >= 0.6 is 0 Å². The molecule has 0 spiro atoms. The number of aliphatic hydroxyl groups is 1. The standard InChI is InChI=1S/C17H34N2O2/c1-3-10-18-16-7-5-4-6-15(16)13-19(2)14-17(20)8-11-21-12-9-17/h15-16,18,20H,3-14H2,1-2H3. The zero-order chi connectivity index (χ0) is 15.1. The first-order valence-corrected chi connectivity index (χ1v) is 8.85. The topological polar surface area (TPSA) is 44.7 Å². The lowest BCUT2D eigenvalue weighted by molar-refractivity contribution is -0.0788. The van der Waals surface area contributed by atoms with Crippen LogP contribution in [0.5, 0.6) is 0 Å². The molecule has 0 amide bonds. The molecule has 1 heterocycles. The second-order valence-electron chi connectivity index (χ2n) is 7.14. The molecule has 0 aromatic rings. The zero-order valence-corrected chi connectivity index (χ0v) is 13.9. The van der Waals surface area contributed by atoms with Crippen molar-refractivity contribution >= 4 is 0 Å². The maximum absolute atomic E-state index is 10.6.